The summed E-state index contributed by atoms with van der Waals surface area (Å²) in [5.41, 5.74) is 0. The number of nitrogens with one attached hydrogen (secondary N) is 1. The quantitative estimate of drug-likeness (QED) is 0.604. The molecule has 1 aliphatic rings. The standard InChI is InChI=1S/C9H19NO2/c11-6-7-12-8-9-2-1-4-10-5-3-9/h9-11H,1-8H2. The van der Waals surface area contributed by atoms with E-state index in [1.54, 1.807) is 0 Å². The Hall–Kier alpha value is -0.120. The molecule has 1 saturated heterocycles. The second kappa shape index (κ2) is 6.40. The zero-order valence-corrected chi connectivity index (χ0v) is 7.59. The van der Waals surface area contributed by atoms with Crippen LogP contribution in [0.2, 0.25) is 0 Å². The van der Waals surface area contributed by atoms with Crippen molar-refractivity contribution < 1.29 is 9.84 Å². The summed E-state index contributed by atoms with van der Waals surface area (Å²) in [6, 6.07) is 0. The highest BCUT2D eigenvalue weighted by Gasteiger charge is 2.11. The molecule has 0 aromatic rings. The molecular weight excluding hydrogens is 154 g/mol. The molecule has 0 amide bonds. The molecule has 3 heteroatoms. The van der Waals surface area contributed by atoms with Gasteiger partial charge in [-0.15, -0.1) is 0 Å². The molecule has 1 unspecified atom stereocenters. The largest absolute Gasteiger partial charge is 0.394 e. The number of rotatable bonds is 4. The van der Waals surface area contributed by atoms with Crippen LogP contribution < -0.4 is 5.32 Å². The highest BCUT2D eigenvalue weighted by molar-refractivity contribution is 4.65. The van der Waals surface area contributed by atoms with Crippen LogP contribution in [0.5, 0.6) is 0 Å². The van der Waals surface area contributed by atoms with Gasteiger partial charge in [-0.1, -0.05) is 0 Å². The normalized spacial score (nSPS) is 25.2. The minimum atomic E-state index is 0.144. The van der Waals surface area contributed by atoms with E-state index < -0.39 is 0 Å². The Bertz CT molecular complexity index is 101. The molecule has 0 spiro atoms. The lowest BCUT2D eigenvalue weighted by Crippen LogP contribution is -2.16. The van der Waals surface area contributed by atoms with Crippen LogP contribution in [0, 0.1) is 5.92 Å². The van der Waals surface area contributed by atoms with Crippen molar-refractivity contribution >= 4 is 0 Å². The van der Waals surface area contributed by atoms with Crippen molar-refractivity contribution in [2.24, 2.45) is 5.92 Å². The van der Waals surface area contributed by atoms with Gasteiger partial charge in [0.25, 0.3) is 0 Å². The first kappa shape index (κ1) is 9.96. The minimum Gasteiger partial charge on any atom is -0.394 e. The summed E-state index contributed by atoms with van der Waals surface area (Å²) in [6.07, 6.45) is 3.73. The minimum absolute atomic E-state index is 0.144. The van der Waals surface area contributed by atoms with E-state index in [0.29, 0.717) is 12.5 Å². The van der Waals surface area contributed by atoms with Gasteiger partial charge >= 0.3 is 0 Å². The molecule has 72 valence electrons. The van der Waals surface area contributed by atoms with Crippen LogP contribution in [0.3, 0.4) is 0 Å². The molecule has 0 aromatic carbocycles. The Morgan fingerprint density at radius 3 is 3.08 bits per heavy atom. The number of ether oxygens (including phenoxy) is 1. The Morgan fingerprint density at radius 2 is 2.25 bits per heavy atom. The van der Waals surface area contributed by atoms with Crippen LogP contribution in [0.15, 0.2) is 0 Å². The average Bonchev–Trinajstić information content (AvgIpc) is 2.33. The van der Waals surface area contributed by atoms with Crippen molar-refractivity contribution in [1.82, 2.24) is 5.32 Å². The second-order valence-corrected chi connectivity index (χ2v) is 3.35. The van der Waals surface area contributed by atoms with Crippen LogP contribution in [0.4, 0.5) is 0 Å². The SMILES string of the molecule is OCCOCC1CCCNCC1. The summed E-state index contributed by atoms with van der Waals surface area (Å²) in [6.45, 7) is 3.72. The summed E-state index contributed by atoms with van der Waals surface area (Å²) >= 11 is 0. The topological polar surface area (TPSA) is 41.5 Å². The molecule has 0 aliphatic carbocycles. The third-order valence-electron chi connectivity index (χ3n) is 2.28. The predicted molar refractivity (Wildman–Crippen MR) is 48.1 cm³/mol. The smallest absolute Gasteiger partial charge is 0.0697 e. The van der Waals surface area contributed by atoms with Gasteiger partial charge in [0, 0.05) is 6.61 Å². The number of aliphatic hydroxyl groups is 1. The third-order valence-corrected chi connectivity index (χ3v) is 2.28. The molecule has 0 saturated carbocycles. The third kappa shape index (κ3) is 4.04. The fourth-order valence-corrected chi connectivity index (χ4v) is 1.57. The van der Waals surface area contributed by atoms with E-state index in [0.717, 1.165) is 19.7 Å². The van der Waals surface area contributed by atoms with Gasteiger partial charge in [-0.2, -0.15) is 0 Å². The van der Waals surface area contributed by atoms with Crippen LogP contribution in [-0.4, -0.2) is 38.0 Å². The first-order chi connectivity index (χ1) is 5.93. The Labute approximate surface area is 74.1 Å². The summed E-state index contributed by atoms with van der Waals surface area (Å²) < 4.78 is 5.30. The predicted octanol–water partition coefficient (Wildman–Crippen LogP) is 0.385. The summed E-state index contributed by atoms with van der Waals surface area (Å²) in [7, 11) is 0. The van der Waals surface area contributed by atoms with E-state index >= 15 is 0 Å². The average molecular weight is 173 g/mol. The van der Waals surface area contributed by atoms with E-state index in [2.05, 4.69) is 5.32 Å². The second-order valence-electron chi connectivity index (χ2n) is 3.35. The van der Waals surface area contributed by atoms with E-state index in [1.165, 1.54) is 19.3 Å². The first-order valence-electron chi connectivity index (χ1n) is 4.83. The molecule has 2 N–H and O–H groups in total. The zero-order valence-electron chi connectivity index (χ0n) is 7.59. The van der Waals surface area contributed by atoms with E-state index in [4.69, 9.17) is 9.84 Å². The van der Waals surface area contributed by atoms with Crippen LogP contribution >= 0.6 is 0 Å². The highest BCUT2D eigenvalue weighted by atomic mass is 16.5. The molecule has 0 bridgehead atoms. The number of hydrogen-bond donors (Lipinski definition) is 2. The molecule has 12 heavy (non-hydrogen) atoms. The maximum Gasteiger partial charge on any atom is 0.0697 e. The van der Waals surface area contributed by atoms with Crippen LogP contribution in [-0.2, 0) is 4.74 Å². The molecule has 1 aliphatic heterocycles. The van der Waals surface area contributed by atoms with Gasteiger partial charge in [-0.25, -0.2) is 0 Å². The van der Waals surface area contributed by atoms with E-state index in [1.807, 2.05) is 0 Å². The zero-order chi connectivity index (χ0) is 8.65. The van der Waals surface area contributed by atoms with Crippen molar-refractivity contribution in [3.8, 4) is 0 Å². The van der Waals surface area contributed by atoms with Crippen molar-refractivity contribution in [3.63, 3.8) is 0 Å². The maximum atomic E-state index is 8.51. The fraction of sp³-hybridized carbons (Fsp3) is 1.00. The van der Waals surface area contributed by atoms with Crippen molar-refractivity contribution in [3.05, 3.63) is 0 Å². The van der Waals surface area contributed by atoms with Gasteiger partial charge in [-0.05, 0) is 38.3 Å². The monoisotopic (exact) mass is 173 g/mol. The number of aliphatic hydroxyl groups excluding tert-OH is 1. The molecular formula is C9H19NO2. The Morgan fingerprint density at radius 1 is 1.33 bits per heavy atom. The molecule has 1 heterocycles. The maximum absolute atomic E-state index is 8.51. The molecule has 0 radical (unpaired) electrons. The summed E-state index contributed by atoms with van der Waals surface area (Å²) in [4.78, 5) is 0. The fourth-order valence-electron chi connectivity index (χ4n) is 1.57. The van der Waals surface area contributed by atoms with Gasteiger partial charge in [0.15, 0.2) is 0 Å². The van der Waals surface area contributed by atoms with Crippen LogP contribution in [0.25, 0.3) is 0 Å². The Balaban J connectivity index is 2.04. The van der Waals surface area contributed by atoms with Gasteiger partial charge < -0.3 is 15.2 Å². The Kier molecular flexibility index (Phi) is 5.32. The molecule has 0 aromatic heterocycles. The van der Waals surface area contributed by atoms with Crippen molar-refractivity contribution in [2.75, 3.05) is 32.9 Å². The van der Waals surface area contributed by atoms with Gasteiger partial charge in [0.1, 0.15) is 0 Å². The molecule has 1 rings (SSSR count). The van der Waals surface area contributed by atoms with Crippen LogP contribution in [0.1, 0.15) is 19.3 Å². The molecule has 1 fully saturated rings. The molecule has 3 nitrogen and oxygen atoms in total. The summed E-state index contributed by atoms with van der Waals surface area (Å²) in [5, 5.41) is 11.9. The number of hydrogen-bond acceptors (Lipinski definition) is 3. The lowest BCUT2D eigenvalue weighted by molar-refractivity contribution is 0.0647. The lowest BCUT2D eigenvalue weighted by atomic mass is 10.0. The van der Waals surface area contributed by atoms with Gasteiger partial charge in [0.2, 0.25) is 0 Å². The highest BCUT2D eigenvalue weighted by Crippen LogP contribution is 2.13. The van der Waals surface area contributed by atoms with Crippen molar-refractivity contribution in [2.45, 2.75) is 19.3 Å². The van der Waals surface area contributed by atoms with E-state index in [9.17, 15) is 0 Å². The molecule has 1 atom stereocenters. The summed E-state index contributed by atoms with van der Waals surface area (Å²) in [5.74, 6) is 0.701. The first-order valence-corrected chi connectivity index (χ1v) is 4.83. The van der Waals surface area contributed by atoms with Gasteiger partial charge in [-0.3, -0.25) is 0 Å². The lowest BCUT2D eigenvalue weighted by Gasteiger charge is -2.12. The van der Waals surface area contributed by atoms with Crippen molar-refractivity contribution in [1.29, 1.82) is 0 Å². The van der Waals surface area contributed by atoms with E-state index in [-0.39, 0.29) is 6.61 Å². The van der Waals surface area contributed by atoms with Gasteiger partial charge in [0.05, 0.1) is 13.2 Å².